The number of carbonyl (C=O) groups excluding carboxylic acids is 1. The summed E-state index contributed by atoms with van der Waals surface area (Å²) in [5.74, 6) is 1.24. The van der Waals surface area contributed by atoms with Gasteiger partial charge in [-0.15, -0.1) is 0 Å². The van der Waals surface area contributed by atoms with E-state index in [0.717, 1.165) is 12.2 Å². The van der Waals surface area contributed by atoms with Crippen LogP contribution in [0.5, 0.6) is 5.75 Å². The number of amides is 1. The van der Waals surface area contributed by atoms with Gasteiger partial charge in [-0.3, -0.25) is 9.48 Å². The Morgan fingerprint density at radius 1 is 1.23 bits per heavy atom. The van der Waals surface area contributed by atoms with Crippen LogP contribution < -0.4 is 10.1 Å². The molecule has 35 heavy (non-hydrogen) atoms. The van der Waals surface area contributed by atoms with Crippen LogP contribution in [0.15, 0.2) is 69.7 Å². The number of ether oxygens (including phenoxy) is 1. The molecule has 1 amide bonds. The maximum absolute atomic E-state index is 14.1. The summed E-state index contributed by atoms with van der Waals surface area (Å²) in [6.07, 6.45) is 2.71. The second-order valence-electron chi connectivity index (χ2n) is 8.11. The summed E-state index contributed by atoms with van der Waals surface area (Å²) < 4.78 is 27.5. The summed E-state index contributed by atoms with van der Waals surface area (Å²) in [5.41, 5.74) is 1.58. The Hall–Kier alpha value is -3.10. The Balaban J connectivity index is 1.36. The van der Waals surface area contributed by atoms with Gasteiger partial charge in [0.25, 0.3) is 5.91 Å². The number of benzene rings is 2. The molecule has 0 saturated carbocycles. The second kappa shape index (κ2) is 11.1. The van der Waals surface area contributed by atoms with Crippen molar-refractivity contribution in [2.45, 2.75) is 39.3 Å². The van der Waals surface area contributed by atoms with E-state index in [2.05, 4.69) is 52.3 Å². The molecule has 0 bridgehead atoms. The van der Waals surface area contributed by atoms with Gasteiger partial charge in [-0.05, 0) is 70.2 Å². The van der Waals surface area contributed by atoms with E-state index in [-0.39, 0.29) is 24.7 Å². The molecule has 2 heterocycles. The van der Waals surface area contributed by atoms with Crippen molar-refractivity contribution >= 4 is 39.3 Å². The van der Waals surface area contributed by atoms with Crippen LogP contribution >= 0.6 is 27.5 Å². The number of anilines is 1. The lowest BCUT2D eigenvalue weighted by atomic mass is 9.99. The second-order valence-corrected chi connectivity index (χ2v) is 9.37. The van der Waals surface area contributed by atoms with Crippen molar-refractivity contribution in [2.24, 2.45) is 0 Å². The highest BCUT2D eigenvalue weighted by Gasteiger charge is 2.17. The number of furan rings is 1. The summed E-state index contributed by atoms with van der Waals surface area (Å²) in [4.78, 5) is 12.7. The van der Waals surface area contributed by atoms with Crippen molar-refractivity contribution in [3.05, 3.63) is 98.8 Å². The number of hydrogen-bond acceptors (Lipinski definition) is 4. The van der Waals surface area contributed by atoms with E-state index in [1.54, 1.807) is 24.4 Å². The van der Waals surface area contributed by atoms with E-state index in [9.17, 15) is 9.18 Å². The van der Waals surface area contributed by atoms with E-state index < -0.39 is 11.7 Å². The first-order chi connectivity index (χ1) is 16.8. The number of halogens is 3. The van der Waals surface area contributed by atoms with E-state index in [0.29, 0.717) is 26.7 Å². The summed E-state index contributed by atoms with van der Waals surface area (Å²) in [6, 6.07) is 15.7. The molecule has 2 aromatic heterocycles. The first-order valence-electron chi connectivity index (χ1n) is 11.1. The zero-order chi connectivity index (χ0) is 24.9. The summed E-state index contributed by atoms with van der Waals surface area (Å²) >= 11 is 9.47. The topological polar surface area (TPSA) is 69.3 Å². The zero-order valence-corrected chi connectivity index (χ0v) is 21.6. The molecule has 9 heteroatoms. The summed E-state index contributed by atoms with van der Waals surface area (Å²) in [5, 5.41) is 7.30. The molecule has 0 aliphatic rings. The van der Waals surface area contributed by atoms with Gasteiger partial charge in [0.2, 0.25) is 0 Å². The van der Waals surface area contributed by atoms with Gasteiger partial charge in [0.05, 0.1) is 11.0 Å². The van der Waals surface area contributed by atoms with Gasteiger partial charge in [-0.2, -0.15) is 5.10 Å². The molecule has 0 radical (unpaired) electrons. The van der Waals surface area contributed by atoms with Crippen molar-refractivity contribution in [1.29, 1.82) is 0 Å². The molecule has 1 N–H and O–H groups in total. The van der Waals surface area contributed by atoms with Gasteiger partial charge in [0.15, 0.2) is 11.6 Å². The molecular formula is C26H24BrClFN3O3. The van der Waals surface area contributed by atoms with Crippen LogP contribution in [0, 0.1) is 5.82 Å². The highest BCUT2D eigenvalue weighted by molar-refractivity contribution is 9.10. The molecule has 0 spiro atoms. The maximum atomic E-state index is 14.1. The Morgan fingerprint density at radius 2 is 2.00 bits per heavy atom. The van der Waals surface area contributed by atoms with Crippen molar-refractivity contribution in [1.82, 2.24) is 9.78 Å². The molecule has 2 aromatic carbocycles. The normalized spacial score (nSPS) is 11.9. The number of carbonyl (C=O) groups is 1. The van der Waals surface area contributed by atoms with E-state index in [1.165, 1.54) is 22.4 Å². The van der Waals surface area contributed by atoms with Gasteiger partial charge < -0.3 is 14.5 Å². The first-order valence-corrected chi connectivity index (χ1v) is 12.3. The minimum atomic E-state index is -0.468. The largest absolute Gasteiger partial charge is 0.486 e. The predicted octanol–water partition coefficient (Wildman–Crippen LogP) is 7.42. The molecule has 4 aromatic rings. The van der Waals surface area contributed by atoms with Crippen LogP contribution in [-0.2, 0) is 13.2 Å². The lowest BCUT2D eigenvalue weighted by molar-refractivity contribution is 0.0992. The highest BCUT2D eigenvalue weighted by Crippen LogP contribution is 2.25. The lowest BCUT2D eigenvalue weighted by Gasteiger charge is -2.10. The summed E-state index contributed by atoms with van der Waals surface area (Å²) in [6.45, 7) is 4.65. The van der Waals surface area contributed by atoms with Gasteiger partial charge in [0, 0.05) is 16.8 Å². The van der Waals surface area contributed by atoms with E-state index >= 15 is 0 Å². The van der Waals surface area contributed by atoms with Crippen LogP contribution in [0.25, 0.3) is 0 Å². The number of hydrogen-bond donors (Lipinski definition) is 1. The minimum Gasteiger partial charge on any atom is -0.486 e. The monoisotopic (exact) mass is 559 g/mol. The molecule has 0 aliphatic carbocycles. The fourth-order valence-electron chi connectivity index (χ4n) is 3.44. The highest BCUT2D eigenvalue weighted by atomic mass is 79.9. The Kier molecular flexibility index (Phi) is 7.93. The zero-order valence-electron chi connectivity index (χ0n) is 19.2. The number of nitrogens with zero attached hydrogens (tertiary/aromatic N) is 2. The third kappa shape index (κ3) is 6.13. The molecule has 1 unspecified atom stereocenters. The summed E-state index contributed by atoms with van der Waals surface area (Å²) in [7, 11) is 0. The molecular weight excluding hydrogens is 537 g/mol. The molecule has 6 nitrogen and oxygen atoms in total. The molecule has 0 saturated heterocycles. The maximum Gasteiger partial charge on any atom is 0.292 e. The number of aromatic nitrogens is 2. The Labute approximate surface area is 216 Å². The van der Waals surface area contributed by atoms with Crippen LogP contribution in [-0.4, -0.2) is 15.7 Å². The third-order valence-corrected chi connectivity index (χ3v) is 6.59. The fourth-order valence-corrected chi connectivity index (χ4v) is 4.08. The van der Waals surface area contributed by atoms with Gasteiger partial charge >= 0.3 is 0 Å². The van der Waals surface area contributed by atoms with Gasteiger partial charge in [-0.25, -0.2) is 4.39 Å². The van der Waals surface area contributed by atoms with Crippen molar-refractivity contribution in [3.63, 3.8) is 0 Å². The Morgan fingerprint density at radius 3 is 2.71 bits per heavy atom. The fraction of sp³-hybridized carbons (Fsp3) is 0.231. The van der Waals surface area contributed by atoms with E-state index in [4.69, 9.17) is 20.8 Å². The number of rotatable bonds is 9. The van der Waals surface area contributed by atoms with Gasteiger partial charge in [0.1, 0.15) is 23.9 Å². The van der Waals surface area contributed by atoms with E-state index in [1.807, 2.05) is 12.1 Å². The standard InChI is InChI=1S/C26H24BrClFN3O3/c1-3-16(2)17-7-9-18(10-8-17)34-15-19-11-12-24(35-19)26(33)30-25-21(27)14-32(31-25)13-20-22(28)5-4-6-23(20)29/h4-12,14,16H,3,13,15H2,1-2H3,(H,30,31,33). The van der Waals surface area contributed by atoms with Crippen molar-refractivity contribution < 1.29 is 18.3 Å². The quantitative estimate of drug-likeness (QED) is 0.231. The van der Waals surface area contributed by atoms with Crippen LogP contribution in [0.3, 0.4) is 0 Å². The number of nitrogens with one attached hydrogen (secondary N) is 1. The lowest BCUT2D eigenvalue weighted by Crippen LogP contribution is -2.12. The van der Waals surface area contributed by atoms with Crippen molar-refractivity contribution in [3.8, 4) is 5.75 Å². The molecule has 0 aliphatic heterocycles. The van der Waals surface area contributed by atoms with Crippen LogP contribution in [0.2, 0.25) is 5.02 Å². The third-order valence-electron chi connectivity index (χ3n) is 5.66. The smallest absolute Gasteiger partial charge is 0.292 e. The average molecular weight is 561 g/mol. The molecule has 4 rings (SSSR count). The SMILES string of the molecule is CCC(C)c1ccc(OCc2ccc(C(=O)Nc3nn(Cc4c(F)cccc4Cl)cc3Br)o2)cc1. The molecule has 0 fully saturated rings. The van der Waals surface area contributed by atoms with Crippen molar-refractivity contribution in [2.75, 3.05) is 5.32 Å². The minimum absolute atomic E-state index is 0.112. The Bertz CT molecular complexity index is 1300. The van der Waals surface area contributed by atoms with Crippen LogP contribution in [0.1, 0.15) is 53.6 Å². The molecule has 182 valence electrons. The average Bonchev–Trinajstić information content (AvgIpc) is 3.46. The van der Waals surface area contributed by atoms with Gasteiger partial charge in [-0.1, -0.05) is 43.6 Å². The van der Waals surface area contributed by atoms with Crippen LogP contribution in [0.4, 0.5) is 10.2 Å². The predicted molar refractivity (Wildman–Crippen MR) is 137 cm³/mol. The molecule has 1 atom stereocenters. The first kappa shape index (κ1) is 25.0.